The third kappa shape index (κ3) is 3.79. The fourth-order valence-corrected chi connectivity index (χ4v) is 5.56. The highest BCUT2D eigenvalue weighted by atomic mass is 32.2. The smallest absolute Gasteiger partial charge is 0.270 e. The van der Waals surface area contributed by atoms with Crippen LogP contribution in [0.5, 0.6) is 0 Å². The van der Waals surface area contributed by atoms with Crippen LogP contribution in [-0.4, -0.2) is 59.6 Å². The van der Waals surface area contributed by atoms with Gasteiger partial charge in [-0.3, -0.25) is 14.9 Å². The SMILES string of the molecule is Cc1ccc(C)c(S(=O)(=O)N2CCN(C(=O)c3c[nH]c4ccc([N+](=O)[O-])cc34)CC2)c1. The van der Waals surface area contributed by atoms with E-state index in [1.807, 2.05) is 13.0 Å². The van der Waals surface area contributed by atoms with E-state index in [9.17, 15) is 23.3 Å². The Hall–Kier alpha value is -3.24. The average molecular weight is 442 g/mol. The fraction of sp³-hybridized carbons (Fsp3) is 0.286. The molecule has 0 radical (unpaired) electrons. The summed E-state index contributed by atoms with van der Waals surface area (Å²) in [6, 6.07) is 9.65. The Morgan fingerprint density at radius 2 is 1.77 bits per heavy atom. The van der Waals surface area contributed by atoms with Crippen molar-refractivity contribution < 1.29 is 18.1 Å². The lowest BCUT2D eigenvalue weighted by molar-refractivity contribution is -0.384. The number of hydrogen-bond donors (Lipinski definition) is 1. The van der Waals surface area contributed by atoms with Gasteiger partial charge in [-0.05, 0) is 37.1 Å². The van der Waals surface area contributed by atoms with E-state index in [0.717, 1.165) is 5.56 Å². The van der Waals surface area contributed by atoms with E-state index in [0.29, 0.717) is 22.0 Å². The van der Waals surface area contributed by atoms with Gasteiger partial charge in [-0.15, -0.1) is 0 Å². The van der Waals surface area contributed by atoms with E-state index < -0.39 is 14.9 Å². The molecule has 0 bridgehead atoms. The van der Waals surface area contributed by atoms with Gasteiger partial charge in [0.05, 0.1) is 15.4 Å². The minimum atomic E-state index is -3.65. The third-order valence-corrected chi connectivity index (χ3v) is 7.63. The first-order valence-electron chi connectivity index (χ1n) is 9.80. The molecule has 1 N–H and O–H groups in total. The predicted octanol–water partition coefficient (Wildman–Crippen LogP) is 2.84. The molecular formula is C21H22N4O5S. The van der Waals surface area contributed by atoms with Crippen LogP contribution in [0.3, 0.4) is 0 Å². The normalized spacial score (nSPS) is 15.4. The summed E-state index contributed by atoms with van der Waals surface area (Å²) < 4.78 is 27.6. The summed E-state index contributed by atoms with van der Waals surface area (Å²) in [6.45, 7) is 4.46. The lowest BCUT2D eigenvalue weighted by Crippen LogP contribution is -2.50. The van der Waals surface area contributed by atoms with E-state index in [2.05, 4.69) is 4.98 Å². The molecule has 2 aromatic carbocycles. The number of carbonyl (C=O) groups is 1. The molecule has 1 saturated heterocycles. The number of fused-ring (bicyclic) bond motifs is 1. The summed E-state index contributed by atoms with van der Waals surface area (Å²) in [7, 11) is -3.65. The number of carbonyl (C=O) groups excluding carboxylic acids is 1. The van der Waals surface area contributed by atoms with Crippen molar-refractivity contribution in [2.24, 2.45) is 0 Å². The standard InChI is InChI=1S/C21H22N4O5S/c1-14-3-4-15(2)20(11-14)31(29,30)24-9-7-23(8-10-24)21(26)18-13-22-19-6-5-16(25(27)28)12-17(18)19/h3-6,11-13,22H,7-10H2,1-2H3. The van der Waals surface area contributed by atoms with Crippen LogP contribution in [0.4, 0.5) is 5.69 Å². The van der Waals surface area contributed by atoms with Gasteiger partial charge >= 0.3 is 0 Å². The molecular weight excluding hydrogens is 420 g/mol. The molecule has 9 nitrogen and oxygen atoms in total. The Kier molecular flexibility index (Phi) is 5.28. The predicted molar refractivity (Wildman–Crippen MR) is 116 cm³/mol. The number of rotatable bonds is 4. The summed E-state index contributed by atoms with van der Waals surface area (Å²) in [4.78, 5) is 28.5. The van der Waals surface area contributed by atoms with Crippen molar-refractivity contribution in [2.75, 3.05) is 26.2 Å². The quantitative estimate of drug-likeness (QED) is 0.493. The maximum atomic E-state index is 13.1. The molecule has 4 rings (SSSR count). The second kappa shape index (κ2) is 7.78. The molecule has 10 heteroatoms. The van der Waals surface area contributed by atoms with Crippen molar-refractivity contribution in [3.05, 3.63) is 69.4 Å². The lowest BCUT2D eigenvalue weighted by Gasteiger charge is -2.34. The minimum absolute atomic E-state index is 0.0920. The highest BCUT2D eigenvalue weighted by molar-refractivity contribution is 7.89. The van der Waals surface area contributed by atoms with Crippen LogP contribution in [0, 0.1) is 24.0 Å². The monoisotopic (exact) mass is 442 g/mol. The van der Waals surface area contributed by atoms with Crippen LogP contribution in [0.2, 0.25) is 0 Å². The van der Waals surface area contributed by atoms with Crippen LogP contribution in [-0.2, 0) is 10.0 Å². The van der Waals surface area contributed by atoms with Gasteiger partial charge in [-0.1, -0.05) is 12.1 Å². The summed E-state index contributed by atoms with van der Waals surface area (Å²) in [6.07, 6.45) is 1.54. The van der Waals surface area contributed by atoms with E-state index >= 15 is 0 Å². The topological polar surface area (TPSA) is 117 Å². The summed E-state index contributed by atoms with van der Waals surface area (Å²) in [5, 5.41) is 11.6. The Balaban J connectivity index is 1.53. The van der Waals surface area contributed by atoms with E-state index in [1.165, 1.54) is 22.6 Å². The number of aromatic nitrogens is 1. The number of aromatic amines is 1. The third-order valence-electron chi connectivity index (χ3n) is 5.59. The Bertz CT molecular complexity index is 1290. The van der Waals surface area contributed by atoms with Crippen molar-refractivity contribution in [1.29, 1.82) is 0 Å². The highest BCUT2D eigenvalue weighted by Gasteiger charge is 2.32. The Morgan fingerprint density at radius 1 is 1.06 bits per heavy atom. The maximum Gasteiger partial charge on any atom is 0.270 e. The number of aryl methyl sites for hydroxylation is 2. The van der Waals surface area contributed by atoms with Gasteiger partial charge in [0.2, 0.25) is 10.0 Å². The number of nitro benzene ring substituents is 1. The second-order valence-electron chi connectivity index (χ2n) is 7.65. The zero-order valence-corrected chi connectivity index (χ0v) is 18.0. The number of sulfonamides is 1. The Morgan fingerprint density at radius 3 is 2.45 bits per heavy atom. The van der Waals surface area contributed by atoms with Crippen LogP contribution in [0.25, 0.3) is 10.9 Å². The molecule has 0 saturated carbocycles. The van der Waals surface area contributed by atoms with Crippen molar-refractivity contribution in [2.45, 2.75) is 18.7 Å². The van der Waals surface area contributed by atoms with Crippen molar-refractivity contribution in [3.8, 4) is 0 Å². The maximum absolute atomic E-state index is 13.1. The van der Waals surface area contributed by atoms with Gasteiger partial charge in [0.15, 0.2) is 0 Å². The van der Waals surface area contributed by atoms with Gasteiger partial charge in [0, 0.05) is 55.4 Å². The molecule has 31 heavy (non-hydrogen) atoms. The highest BCUT2D eigenvalue weighted by Crippen LogP contribution is 2.26. The van der Waals surface area contributed by atoms with E-state index in [-0.39, 0.29) is 42.7 Å². The van der Waals surface area contributed by atoms with Crippen LogP contribution in [0.15, 0.2) is 47.5 Å². The lowest BCUT2D eigenvalue weighted by atomic mass is 10.1. The van der Waals surface area contributed by atoms with Gasteiger partial charge in [0.25, 0.3) is 11.6 Å². The van der Waals surface area contributed by atoms with Crippen LogP contribution in [0.1, 0.15) is 21.5 Å². The number of piperazine rings is 1. The minimum Gasteiger partial charge on any atom is -0.360 e. The van der Waals surface area contributed by atoms with E-state index in [4.69, 9.17) is 0 Å². The van der Waals surface area contributed by atoms with Crippen LogP contribution < -0.4 is 0 Å². The van der Waals surface area contributed by atoms with Gasteiger partial charge in [0.1, 0.15) is 0 Å². The molecule has 1 amide bonds. The number of nitro groups is 1. The Labute approximate surface area is 179 Å². The van der Waals surface area contributed by atoms with Gasteiger partial charge in [-0.2, -0.15) is 4.31 Å². The molecule has 1 aliphatic rings. The van der Waals surface area contributed by atoms with Crippen molar-refractivity contribution >= 4 is 32.5 Å². The molecule has 0 spiro atoms. The molecule has 1 aliphatic heterocycles. The zero-order valence-electron chi connectivity index (χ0n) is 17.2. The van der Waals surface area contributed by atoms with Gasteiger partial charge in [-0.25, -0.2) is 8.42 Å². The number of benzene rings is 2. The molecule has 2 heterocycles. The molecule has 1 fully saturated rings. The van der Waals surface area contributed by atoms with Crippen molar-refractivity contribution in [1.82, 2.24) is 14.2 Å². The van der Waals surface area contributed by atoms with Gasteiger partial charge < -0.3 is 9.88 Å². The first kappa shape index (κ1) is 21.0. The number of H-pyrrole nitrogens is 1. The van der Waals surface area contributed by atoms with Crippen LogP contribution >= 0.6 is 0 Å². The first-order valence-corrected chi connectivity index (χ1v) is 11.2. The fourth-order valence-electron chi connectivity index (χ4n) is 3.83. The molecule has 0 aliphatic carbocycles. The summed E-state index contributed by atoms with van der Waals surface area (Å²) in [5.41, 5.74) is 2.43. The second-order valence-corrected chi connectivity index (χ2v) is 9.56. The number of nitrogens with zero attached hydrogens (tertiary/aromatic N) is 3. The largest absolute Gasteiger partial charge is 0.360 e. The zero-order chi connectivity index (χ0) is 22.3. The number of non-ortho nitro benzene ring substituents is 1. The molecule has 1 aromatic heterocycles. The molecule has 0 atom stereocenters. The summed E-state index contributed by atoms with van der Waals surface area (Å²) in [5.74, 6) is -0.282. The summed E-state index contributed by atoms with van der Waals surface area (Å²) >= 11 is 0. The number of nitrogens with one attached hydrogen (secondary N) is 1. The average Bonchev–Trinajstić information content (AvgIpc) is 3.18. The molecule has 3 aromatic rings. The van der Waals surface area contributed by atoms with Crippen molar-refractivity contribution in [3.63, 3.8) is 0 Å². The molecule has 0 unspecified atom stereocenters. The first-order chi connectivity index (χ1) is 14.7. The molecule has 162 valence electrons. The number of hydrogen-bond acceptors (Lipinski definition) is 5. The van der Waals surface area contributed by atoms with E-state index in [1.54, 1.807) is 30.0 Å². The number of amides is 1.